The summed E-state index contributed by atoms with van der Waals surface area (Å²) in [5.74, 6) is -0.275. The minimum absolute atomic E-state index is 0.237. The van der Waals surface area contributed by atoms with E-state index < -0.39 is 36.7 Å². The van der Waals surface area contributed by atoms with Gasteiger partial charge in [0.15, 0.2) is 0 Å². The first-order chi connectivity index (χ1) is 11.2. The third-order valence-corrected chi connectivity index (χ3v) is 4.17. The third kappa shape index (κ3) is 3.46. The zero-order valence-corrected chi connectivity index (χ0v) is 13.0. The van der Waals surface area contributed by atoms with Crippen LogP contribution in [0.15, 0.2) is 16.5 Å². The fraction of sp³-hybridized carbons (Fsp3) is 0.600. The number of likely N-dealkylation sites (tertiary alicyclic amines) is 1. The lowest BCUT2D eigenvalue weighted by molar-refractivity contribution is -0.166. The highest BCUT2D eigenvalue weighted by Crippen LogP contribution is 2.29. The summed E-state index contributed by atoms with van der Waals surface area (Å²) < 4.78 is 48.7. The minimum atomic E-state index is -4.60. The highest BCUT2D eigenvalue weighted by Gasteiger charge is 2.47. The first-order valence-electron chi connectivity index (χ1n) is 7.57. The molecule has 2 fully saturated rings. The zero-order valence-electron chi connectivity index (χ0n) is 13.0. The number of alkyl halides is 3. The smallest absolute Gasteiger partial charge is 0.406 e. The Hall–Kier alpha value is -1.87. The van der Waals surface area contributed by atoms with Crippen LogP contribution in [0.2, 0.25) is 0 Å². The average Bonchev–Trinajstić information content (AvgIpc) is 3.05. The molecule has 0 bridgehead atoms. The number of hydrogen-bond donors (Lipinski definition) is 0. The monoisotopic (exact) mass is 346 g/mol. The number of carbonyl (C=O) groups excluding carboxylic acids is 2. The number of rotatable bonds is 3. The SMILES string of the molecule is Cc1ccc([C@@H]2CN([C@H]3CC(=O)N(CC(F)(F)F)C3=O)CCO2)o1. The molecule has 0 N–H and O–H groups in total. The number of nitrogens with zero attached hydrogens (tertiary/aromatic N) is 2. The molecule has 2 atom stereocenters. The van der Waals surface area contributed by atoms with Gasteiger partial charge in [0.2, 0.25) is 11.8 Å². The molecule has 9 heteroatoms. The van der Waals surface area contributed by atoms with Gasteiger partial charge in [-0.05, 0) is 19.1 Å². The Labute approximate surface area is 136 Å². The standard InChI is InChI=1S/C15H17F3N2O4/c1-9-2-3-11(24-9)12-7-19(4-5-23-12)10-6-13(21)20(14(10)22)8-15(16,17)18/h2-3,10,12H,4-8H2,1H3/t10-,12-/m0/s1. The van der Waals surface area contributed by atoms with Crippen LogP contribution >= 0.6 is 0 Å². The molecule has 3 rings (SSSR count). The largest absolute Gasteiger partial charge is 0.464 e. The van der Waals surface area contributed by atoms with Gasteiger partial charge in [0.05, 0.1) is 19.1 Å². The van der Waals surface area contributed by atoms with E-state index in [-0.39, 0.29) is 13.0 Å². The van der Waals surface area contributed by atoms with Crippen LogP contribution in [-0.4, -0.2) is 60.1 Å². The summed E-state index contributed by atoms with van der Waals surface area (Å²) in [6.07, 6.45) is -5.25. The predicted molar refractivity (Wildman–Crippen MR) is 74.9 cm³/mol. The summed E-state index contributed by atoms with van der Waals surface area (Å²) in [5, 5.41) is 0. The van der Waals surface area contributed by atoms with Gasteiger partial charge in [0.1, 0.15) is 24.2 Å². The van der Waals surface area contributed by atoms with Crippen LogP contribution in [0.3, 0.4) is 0 Å². The van der Waals surface area contributed by atoms with Crippen molar-refractivity contribution in [1.82, 2.24) is 9.80 Å². The van der Waals surface area contributed by atoms with Crippen LogP contribution in [0, 0.1) is 6.92 Å². The lowest BCUT2D eigenvalue weighted by Gasteiger charge is -2.34. The molecule has 0 saturated carbocycles. The highest BCUT2D eigenvalue weighted by atomic mass is 19.4. The summed E-state index contributed by atoms with van der Waals surface area (Å²) in [4.78, 5) is 26.0. The van der Waals surface area contributed by atoms with Crippen LogP contribution in [0.1, 0.15) is 24.0 Å². The maximum atomic E-state index is 12.5. The van der Waals surface area contributed by atoms with E-state index in [1.54, 1.807) is 24.0 Å². The van der Waals surface area contributed by atoms with Crippen molar-refractivity contribution in [3.8, 4) is 0 Å². The summed E-state index contributed by atoms with van der Waals surface area (Å²) in [6, 6.07) is 2.68. The molecule has 6 nitrogen and oxygen atoms in total. The number of ether oxygens (including phenoxy) is 1. The first kappa shape index (κ1) is 17.0. The van der Waals surface area contributed by atoms with Gasteiger partial charge in [-0.1, -0.05) is 0 Å². The Morgan fingerprint density at radius 3 is 2.67 bits per heavy atom. The molecule has 0 aliphatic carbocycles. The summed E-state index contributed by atoms with van der Waals surface area (Å²) in [5.41, 5.74) is 0. The van der Waals surface area contributed by atoms with Crippen LogP contribution in [-0.2, 0) is 14.3 Å². The van der Waals surface area contributed by atoms with Crippen molar-refractivity contribution >= 4 is 11.8 Å². The zero-order chi connectivity index (χ0) is 17.5. The average molecular weight is 346 g/mol. The second kappa shape index (κ2) is 6.21. The molecule has 0 unspecified atom stereocenters. The van der Waals surface area contributed by atoms with Gasteiger partial charge in [-0.2, -0.15) is 13.2 Å². The molecule has 0 aromatic carbocycles. The van der Waals surface area contributed by atoms with Gasteiger partial charge in [0.25, 0.3) is 0 Å². The molecule has 0 spiro atoms. The topological polar surface area (TPSA) is 63.0 Å². The van der Waals surface area contributed by atoms with E-state index in [4.69, 9.17) is 9.15 Å². The second-order valence-corrected chi connectivity index (χ2v) is 5.96. The number of amides is 2. The van der Waals surface area contributed by atoms with E-state index in [0.29, 0.717) is 29.6 Å². The molecule has 1 aromatic heterocycles. The molecule has 0 radical (unpaired) electrons. The predicted octanol–water partition coefficient (Wildman–Crippen LogP) is 1.65. The number of halogens is 3. The Kier molecular flexibility index (Phi) is 4.39. The Morgan fingerprint density at radius 1 is 1.29 bits per heavy atom. The minimum Gasteiger partial charge on any atom is -0.464 e. The van der Waals surface area contributed by atoms with Gasteiger partial charge >= 0.3 is 6.18 Å². The normalized spacial score (nSPS) is 26.4. The van der Waals surface area contributed by atoms with E-state index >= 15 is 0 Å². The van der Waals surface area contributed by atoms with Crippen molar-refractivity contribution in [1.29, 1.82) is 0 Å². The maximum absolute atomic E-state index is 12.5. The van der Waals surface area contributed by atoms with Crippen molar-refractivity contribution in [2.45, 2.75) is 31.7 Å². The van der Waals surface area contributed by atoms with Crippen LogP contribution in [0.25, 0.3) is 0 Å². The van der Waals surface area contributed by atoms with Crippen molar-refractivity contribution in [3.63, 3.8) is 0 Å². The van der Waals surface area contributed by atoms with Gasteiger partial charge in [-0.3, -0.25) is 19.4 Å². The van der Waals surface area contributed by atoms with Gasteiger partial charge < -0.3 is 9.15 Å². The third-order valence-electron chi connectivity index (χ3n) is 4.17. The number of imide groups is 1. The molecular weight excluding hydrogens is 329 g/mol. The molecule has 132 valence electrons. The molecular formula is C15H17F3N2O4. The highest BCUT2D eigenvalue weighted by molar-refractivity contribution is 6.05. The van der Waals surface area contributed by atoms with Crippen LogP contribution in [0.5, 0.6) is 0 Å². The van der Waals surface area contributed by atoms with E-state index in [1.807, 2.05) is 0 Å². The van der Waals surface area contributed by atoms with Gasteiger partial charge in [0, 0.05) is 13.1 Å². The quantitative estimate of drug-likeness (QED) is 0.779. The van der Waals surface area contributed by atoms with Gasteiger partial charge in [-0.25, -0.2) is 0 Å². The van der Waals surface area contributed by atoms with Crippen molar-refractivity contribution < 1.29 is 31.9 Å². The lowest BCUT2D eigenvalue weighted by Crippen LogP contribution is -2.49. The number of carbonyl (C=O) groups is 2. The van der Waals surface area contributed by atoms with Crippen molar-refractivity contribution in [2.24, 2.45) is 0 Å². The van der Waals surface area contributed by atoms with E-state index in [1.165, 1.54) is 0 Å². The van der Waals surface area contributed by atoms with Crippen molar-refractivity contribution in [3.05, 3.63) is 23.7 Å². The van der Waals surface area contributed by atoms with Crippen LogP contribution in [0.4, 0.5) is 13.2 Å². The lowest BCUT2D eigenvalue weighted by atomic mass is 10.1. The fourth-order valence-corrected chi connectivity index (χ4v) is 3.05. The summed E-state index contributed by atoms with van der Waals surface area (Å²) in [6.45, 7) is 1.22. The molecule has 2 aliphatic rings. The number of aryl methyl sites for hydroxylation is 1. The van der Waals surface area contributed by atoms with Gasteiger partial charge in [-0.15, -0.1) is 0 Å². The van der Waals surface area contributed by atoms with E-state index in [0.717, 1.165) is 0 Å². The van der Waals surface area contributed by atoms with Crippen LogP contribution < -0.4 is 0 Å². The van der Waals surface area contributed by atoms with Crippen molar-refractivity contribution in [2.75, 3.05) is 26.2 Å². The number of furan rings is 1. The Morgan fingerprint density at radius 2 is 2.04 bits per heavy atom. The summed E-state index contributed by atoms with van der Waals surface area (Å²) >= 11 is 0. The second-order valence-electron chi connectivity index (χ2n) is 5.96. The molecule has 2 amide bonds. The molecule has 2 aliphatic heterocycles. The van der Waals surface area contributed by atoms with E-state index in [9.17, 15) is 22.8 Å². The Balaban J connectivity index is 1.70. The maximum Gasteiger partial charge on any atom is 0.406 e. The molecule has 1 aromatic rings. The molecule has 24 heavy (non-hydrogen) atoms. The molecule has 3 heterocycles. The summed E-state index contributed by atoms with van der Waals surface area (Å²) in [7, 11) is 0. The first-order valence-corrected chi connectivity index (χ1v) is 7.57. The number of morpholine rings is 1. The van der Waals surface area contributed by atoms with E-state index in [2.05, 4.69) is 0 Å². The molecule has 2 saturated heterocycles. The number of hydrogen-bond acceptors (Lipinski definition) is 5. The Bertz CT molecular complexity index is 643. The fourth-order valence-electron chi connectivity index (χ4n) is 3.05.